The van der Waals surface area contributed by atoms with E-state index in [1.807, 2.05) is 20.0 Å². The van der Waals surface area contributed by atoms with Crippen molar-refractivity contribution in [1.82, 2.24) is 24.6 Å². The number of likely N-dealkylation sites (tertiary alicyclic amines) is 1. The number of aromatic nitrogens is 4. The summed E-state index contributed by atoms with van der Waals surface area (Å²) in [5, 5.41) is 19.5. The SMILES string of the molecule is CN1CC2C[C@]1(C)[C@@H](F)[C@@H]2Oc1nnc(-c2ccc(-n3ccnc3)cc2O)s1. The van der Waals surface area contributed by atoms with Gasteiger partial charge in [-0.1, -0.05) is 16.4 Å². The van der Waals surface area contributed by atoms with E-state index in [1.165, 1.54) is 11.3 Å². The number of hydrogen-bond acceptors (Lipinski definition) is 7. The summed E-state index contributed by atoms with van der Waals surface area (Å²) in [5.74, 6) is 0.242. The molecule has 0 radical (unpaired) electrons. The molecular formula is C19H20FN5O2S. The van der Waals surface area contributed by atoms with Crippen molar-refractivity contribution in [3.8, 4) is 27.2 Å². The first-order chi connectivity index (χ1) is 13.5. The van der Waals surface area contributed by atoms with E-state index in [2.05, 4.69) is 20.1 Å². The number of piperidine rings is 1. The maximum Gasteiger partial charge on any atom is 0.294 e. The Balaban J connectivity index is 1.36. The number of phenols is 1. The van der Waals surface area contributed by atoms with E-state index in [0.29, 0.717) is 15.8 Å². The van der Waals surface area contributed by atoms with E-state index in [-0.39, 0.29) is 11.7 Å². The summed E-state index contributed by atoms with van der Waals surface area (Å²) in [7, 11) is 1.96. The molecule has 2 bridgehead atoms. The highest BCUT2D eigenvalue weighted by Gasteiger charge is 2.60. The molecule has 1 unspecified atom stereocenters. The number of ether oxygens (including phenoxy) is 1. The van der Waals surface area contributed by atoms with Crippen LogP contribution in [0.1, 0.15) is 13.3 Å². The number of hydrogen-bond donors (Lipinski definition) is 1. The molecule has 1 saturated heterocycles. The topological polar surface area (TPSA) is 76.3 Å². The first-order valence-electron chi connectivity index (χ1n) is 9.13. The minimum absolute atomic E-state index is 0.0892. The minimum atomic E-state index is -1.06. The summed E-state index contributed by atoms with van der Waals surface area (Å²) < 4.78 is 22.6. The average molecular weight is 401 g/mol. The Labute approximate surface area is 165 Å². The van der Waals surface area contributed by atoms with Crippen LogP contribution in [-0.2, 0) is 0 Å². The summed E-state index contributed by atoms with van der Waals surface area (Å²) in [6.07, 6.45) is 4.35. The zero-order chi connectivity index (χ0) is 19.5. The molecule has 4 atom stereocenters. The Kier molecular flexibility index (Phi) is 3.92. The molecule has 5 rings (SSSR count). The Morgan fingerprint density at radius 3 is 2.89 bits per heavy atom. The van der Waals surface area contributed by atoms with Crippen molar-refractivity contribution in [3.05, 3.63) is 36.9 Å². The zero-order valence-electron chi connectivity index (χ0n) is 15.5. The second-order valence-corrected chi connectivity index (χ2v) is 8.67. The number of benzene rings is 1. The number of nitrogens with zero attached hydrogens (tertiary/aromatic N) is 5. The van der Waals surface area contributed by atoms with Crippen molar-refractivity contribution < 1.29 is 14.2 Å². The van der Waals surface area contributed by atoms with E-state index in [4.69, 9.17) is 4.74 Å². The molecule has 1 aliphatic carbocycles. The molecule has 2 fully saturated rings. The number of phenolic OH excluding ortho intramolecular Hbond substituents is 1. The monoisotopic (exact) mass is 401 g/mol. The average Bonchev–Trinajstić information content (AvgIpc) is 3.43. The highest BCUT2D eigenvalue weighted by molar-refractivity contribution is 7.16. The van der Waals surface area contributed by atoms with Crippen molar-refractivity contribution in [1.29, 1.82) is 0 Å². The Bertz CT molecular complexity index is 1010. The molecule has 1 aliphatic heterocycles. The van der Waals surface area contributed by atoms with E-state index >= 15 is 0 Å². The van der Waals surface area contributed by atoms with Crippen LogP contribution in [0.3, 0.4) is 0 Å². The number of aromatic hydroxyl groups is 1. The summed E-state index contributed by atoms with van der Waals surface area (Å²) in [4.78, 5) is 6.08. The van der Waals surface area contributed by atoms with Gasteiger partial charge in [-0.25, -0.2) is 9.37 Å². The van der Waals surface area contributed by atoms with E-state index in [1.54, 1.807) is 35.4 Å². The van der Waals surface area contributed by atoms with Crippen molar-refractivity contribution in [2.45, 2.75) is 31.2 Å². The van der Waals surface area contributed by atoms with Crippen LogP contribution in [0.15, 0.2) is 36.9 Å². The molecule has 3 heterocycles. The van der Waals surface area contributed by atoms with Gasteiger partial charge in [0.15, 0.2) is 11.2 Å². The lowest BCUT2D eigenvalue weighted by Crippen LogP contribution is -2.54. The molecule has 7 nitrogen and oxygen atoms in total. The third kappa shape index (κ3) is 2.61. The maximum atomic E-state index is 14.9. The lowest BCUT2D eigenvalue weighted by atomic mass is 9.97. The number of halogens is 1. The lowest BCUT2D eigenvalue weighted by Gasteiger charge is -2.38. The lowest BCUT2D eigenvalue weighted by molar-refractivity contribution is -0.0124. The van der Waals surface area contributed by atoms with Crippen LogP contribution in [0.4, 0.5) is 4.39 Å². The number of alkyl halides is 1. The fourth-order valence-electron chi connectivity index (χ4n) is 4.36. The Morgan fingerprint density at radius 1 is 1.36 bits per heavy atom. The number of fused-ring (bicyclic) bond motifs is 2. The predicted octanol–water partition coefficient (Wildman–Crippen LogP) is 2.91. The highest BCUT2D eigenvalue weighted by atomic mass is 32.1. The number of imidazole rings is 1. The van der Waals surface area contributed by atoms with Gasteiger partial charge in [-0.05, 0) is 32.5 Å². The van der Waals surface area contributed by atoms with Gasteiger partial charge in [-0.2, -0.15) is 0 Å². The molecule has 146 valence electrons. The molecule has 2 aromatic heterocycles. The van der Waals surface area contributed by atoms with Crippen LogP contribution >= 0.6 is 11.3 Å². The van der Waals surface area contributed by atoms with Gasteiger partial charge in [0.05, 0.1) is 23.1 Å². The van der Waals surface area contributed by atoms with Crippen LogP contribution in [0.5, 0.6) is 10.9 Å². The van der Waals surface area contributed by atoms with Crippen LogP contribution in [0.25, 0.3) is 16.3 Å². The molecule has 1 aromatic carbocycles. The molecule has 0 spiro atoms. The van der Waals surface area contributed by atoms with Crippen molar-refractivity contribution in [3.63, 3.8) is 0 Å². The maximum absolute atomic E-state index is 14.9. The molecule has 1 saturated carbocycles. The van der Waals surface area contributed by atoms with Gasteiger partial charge in [0, 0.05) is 30.9 Å². The molecule has 0 amide bonds. The van der Waals surface area contributed by atoms with Gasteiger partial charge in [0.25, 0.3) is 5.19 Å². The van der Waals surface area contributed by atoms with Gasteiger partial charge in [0.2, 0.25) is 0 Å². The van der Waals surface area contributed by atoms with Crippen molar-refractivity contribution in [2.75, 3.05) is 13.6 Å². The van der Waals surface area contributed by atoms with Crippen molar-refractivity contribution in [2.24, 2.45) is 5.92 Å². The smallest absolute Gasteiger partial charge is 0.294 e. The molecule has 9 heteroatoms. The summed E-state index contributed by atoms with van der Waals surface area (Å²) in [6.45, 7) is 2.77. The van der Waals surface area contributed by atoms with Crippen LogP contribution in [0, 0.1) is 5.92 Å². The second kappa shape index (κ2) is 6.25. The summed E-state index contributed by atoms with van der Waals surface area (Å²) in [5.41, 5.74) is 0.886. The molecule has 1 N–H and O–H groups in total. The van der Waals surface area contributed by atoms with Crippen molar-refractivity contribution >= 4 is 11.3 Å². The third-order valence-electron chi connectivity index (χ3n) is 6.06. The van der Waals surface area contributed by atoms with E-state index in [9.17, 15) is 9.50 Å². The van der Waals surface area contributed by atoms with E-state index < -0.39 is 17.8 Å². The second-order valence-electron chi connectivity index (χ2n) is 7.73. The third-order valence-corrected chi connectivity index (χ3v) is 6.91. The van der Waals surface area contributed by atoms with Gasteiger partial charge in [-0.3, -0.25) is 4.90 Å². The molecular weight excluding hydrogens is 381 g/mol. The number of rotatable bonds is 4. The predicted molar refractivity (Wildman–Crippen MR) is 103 cm³/mol. The first-order valence-corrected chi connectivity index (χ1v) is 9.94. The van der Waals surface area contributed by atoms with Crippen LogP contribution in [0.2, 0.25) is 0 Å². The fraction of sp³-hybridized carbons (Fsp3) is 0.421. The Morgan fingerprint density at radius 2 is 2.21 bits per heavy atom. The summed E-state index contributed by atoms with van der Waals surface area (Å²) in [6, 6.07) is 5.28. The quantitative estimate of drug-likeness (QED) is 0.725. The minimum Gasteiger partial charge on any atom is -0.507 e. The molecule has 3 aromatic rings. The first kappa shape index (κ1) is 17.6. The van der Waals surface area contributed by atoms with Crippen LogP contribution < -0.4 is 4.74 Å². The van der Waals surface area contributed by atoms with Gasteiger partial charge in [0.1, 0.15) is 11.9 Å². The normalized spacial score (nSPS) is 29.5. The fourth-order valence-corrected chi connectivity index (χ4v) is 5.13. The van der Waals surface area contributed by atoms with Gasteiger partial charge < -0.3 is 14.4 Å². The van der Waals surface area contributed by atoms with Gasteiger partial charge in [-0.15, -0.1) is 5.10 Å². The zero-order valence-corrected chi connectivity index (χ0v) is 16.3. The standard InChI is InChI=1S/C19H20FN5O2S/c1-19-8-11(9-24(19)2)15(16(19)20)27-18-23-22-17(28-18)13-4-3-12(7-14(13)26)25-6-5-21-10-25/h3-7,10-11,15-16,26H,8-9H2,1-2H3/t11?,15-,16+,19-/m1/s1. The highest BCUT2D eigenvalue weighted by Crippen LogP contribution is 2.49. The van der Waals surface area contributed by atoms with Gasteiger partial charge >= 0.3 is 0 Å². The largest absolute Gasteiger partial charge is 0.507 e. The Hall–Kier alpha value is -2.52. The molecule has 2 aliphatic rings. The van der Waals surface area contributed by atoms with Crippen LogP contribution in [-0.4, -0.2) is 61.2 Å². The molecule has 28 heavy (non-hydrogen) atoms. The summed E-state index contributed by atoms with van der Waals surface area (Å²) >= 11 is 1.22. The van der Waals surface area contributed by atoms with E-state index in [0.717, 1.165) is 18.7 Å².